The van der Waals surface area contributed by atoms with Crippen LogP contribution in [-0.4, -0.2) is 38.4 Å². The van der Waals surface area contributed by atoms with E-state index in [9.17, 15) is 13.2 Å². The van der Waals surface area contributed by atoms with Gasteiger partial charge in [0.15, 0.2) is 9.84 Å². The second-order valence-corrected chi connectivity index (χ2v) is 5.65. The van der Waals surface area contributed by atoms with Crippen LogP contribution >= 0.6 is 0 Å². The number of hydrogen-bond donors (Lipinski definition) is 2. The molecule has 1 amide bonds. The Morgan fingerprint density at radius 2 is 1.87 bits per heavy atom. The lowest BCUT2D eigenvalue weighted by Crippen LogP contribution is -2.38. The van der Waals surface area contributed by atoms with Gasteiger partial charge in [0.05, 0.1) is 5.75 Å². The molecule has 0 heterocycles. The molecule has 0 radical (unpaired) electrons. The maximum atomic E-state index is 11.3. The van der Waals surface area contributed by atoms with Crippen molar-refractivity contribution in [1.29, 1.82) is 0 Å². The maximum absolute atomic E-state index is 11.3. The zero-order valence-electron chi connectivity index (χ0n) is 9.32. The van der Waals surface area contributed by atoms with Crippen LogP contribution in [0.15, 0.2) is 0 Å². The van der Waals surface area contributed by atoms with Gasteiger partial charge in [-0.2, -0.15) is 0 Å². The Bertz CT molecular complexity index is 284. The van der Waals surface area contributed by atoms with Gasteiger partial charge < -0.3 is 11.1 Å². The number of nitrogens with two attached hydrogens (primary N) is 1. The summed E-state index contributed by atoms with van der Waals surface area (Å²) in [6.07, 6.45) is 1.61. The van der Waals surface area contributed by atoms with E-state index in [0.29, 0.717) is 0 Å². The van der Waals surface area contributed by atoms with E-state index >= 15 is 0 Å². The molecule has 0 aliphatic carbocycles. The summed E-state index contributed by atoms with van der Waals surface area (Å²) in [7, 11) is -3.33. The van der Waals surface area contributed by atoms with E-state index in [1.165, 1.54) is 0 Å². The van der Waals surface area contributed by atoms with Crippen LogP contribution in [0.1, 0.15) is 26.7 Å². The summed E-state index contributed by atoms with van der Waals surface area (Å²) < 4.78 is 22.5. The Morgan fingerprint density at radius 1 is 1.33 bits per heavy atom. The van der Waals surface area contributed by atoms with Gasteiger partial charge >= 0.3 is 0 Å². The van der Waals surface area contributed by atoms with Crippen LogP contribution in [0.25, 0.3) is 0 Å². The fourth-order valence-corrected chi connectivity index (χ4v) is 2.20. The zero-order chi connectivity index (χ0) is 11.9. The first-order valence-corrected chi connectivity index (χ1v) is 6.97. The lowest BCUT2D eigenvalue weighted by atomic mass is 10.2. The highest BCUT2D eigenvalue weighted by atomic mass is 32.2. The number of rotatable bonds is 7. The van der Waals surface area contributed by atoms with Gasteiger partial charge in [0, 0.05) is 12.6 Å². The van der Waals surface area contributed by atoms with Crippen LogP contribution in [0.4, 0.5) is 0 Å². The molecule has 0 saturated heterocycles. The number of hydrogen-bond acceptors (Lipinski definition) is 4. The van der Waals surface area contributed by atoms with E-state index in [4.69, 9.17) is 5.73 Å². The van der Waals surface area contributed by atoms with E-state index in [1.54, 1.807) is 0 Å². The van der Waals surface area contributed by atoms with Crippen LogP contribution < -0.4 is 11.1 Å². The molecule has 0 aliphatic rings. The van der Waals surface area contributed by atoms with E-state index in [2.05, 4.69) is 5.32 Å². The third kappa shape index (κ3) is 6.46. The molecule has 0 aliphatic heterocycles. The second kappa shape index (κ2) is 6.79. The maximum Gasteiger partial charge on any atom is 0.235 e. The minimum atomic E-state index is -3.33. The molecule has 3 N–H and O–H groups in total. The standard InChI is InChI=1S/C9H20N2O3S/c1-3-8(4-2)11-9(12)7-15(13,14)6-5-10/h8H,3-7,10H2,1-2H3,(H,11,12). The molecule has 6 heteroatoms. The summed E-state index contributed by atoms with van der Waals surface area (Å²) in [5.41, 5.74) is 5.13. The van der Waals surface area contributed by atoms with Crippen molar-refractivity contribution in [3.05, 3.63) is 0 Å². The normalized spacial score (nSPS) is 11.7. The summed E-state index contributed by atoms with van der Waals surface area (Å²) in [6.45, 7) is 3.95. The molecule has 15 heavy (non-hydrogen) atoms. The summed E-state index contributed by atoms with van der Waals surface area (Å²) in [6, 6.07) is 0.0607. The largest absolute Gasteiger partial charge is 0.353 e. The molecule has 0 atom stereocenters. The first-order valence-electron chi connectivity index (χ1n) is 5.15. The molecule has 0 spiro atoms. The summed E-state index contributed by atoms with van der Waals surface area (Å²) >= 11 is 0. The Kier molecular flexibility index (Phi) is 6.51. The first kappa shape index (κ1) is 14.4. The molecular weight excluding hydrogens is 216 g/mol. The van der Waals surface area contributed by atoms with E-state index in [-0.39, 0.29) is 18.3 Å². The summed E-state index contributed by atoms with van der Waals surface area (Å²) in [4.78, 5) is 11.3. The Balaban J connectivity index is 4.14. The molecule has 0 saturated carbocycles. The predicted octanol–water partition coefficient (Wildman–Crippen LogP) is -0.335. The Labute approximate surface area is 91.3 Å². The molecule has 0 aromatic rings. The number of carbonyl (C=O) groups excluding carboxylic acids is 1. The number of amides is 1. The van der Waals surface area contributed by atoms with Crippen molar-refractivity contribution in [3.63, 3.8) is 0 Å². The molecule has 0 unspecified atom stereocenters. The highest BCUT2D eigenvalue weighted by molar-refractivity contribution is 7.92. The predicted molar refractivity (Wildman–Crippen MR) is 60.2 cm³/mol. The minimum Gasteiger partial charge on any atom is -0.353 e. The van der Waals surface area contributed by atoms with Crippen molar-refractivity contribution < 1.29 is 13.2 Å². The van der Waals surface area contributed by atoms with Gasteiger partial charge in [-0.3, -0.25) is 4.79 Å². The van der Waals surface area contributed by atoms with Crippen molar-refractivity contribution in [2.24, 2.45) is 5.73 Å². The summed E-state index contributed by atoms with van der Waals surface area (Å²) in [5, 5.41) is 2.67. The average Bonchev–Trinajstić information content (AvgIpc) is 2.13. The molecule has 90 valence electrons. The second-order valence-electron chi connectivity index (χ2n) is 3.46. The van der Waals surface area contributed by atoms with Crippen LogP contribution in [0.3, 0.4) is 0 Å². The van der Waals surface area contributed by atoms with Gasteiger partial charge in [-0.1, -0.05) is 13.8 Å². The minimum absolute atomic E-state index is 0.0561. The lowest BCUT2D eigenvalue weighted by Gasteiger charge is -2.14. The van der Waals surface area contributed by atoms with Crippen molar-refractivity contribution >= 4 is 15.7 Å². The topological polar surface area (TPSA) is 89.3 Å². The third-order valence-electron chi connectivity index (χ3n) is 2.13. The van der Waals surface area contributed by atoms with Crippen LogP contribution in [0, 0.1) is 0 Å². The fourth-order valence-electron chi connectivity index (χ4n) is 1.21. The Morgan fingerprint density at radius 3 is 2.27 bits per heavy atom. The molecule has 0 aromatic carbocycles. The molecule has 5 nitrogen and oxygen atoms in total. The monoisotopic (exact) mass is 236 g/mol. The van der Waals surface area contributed by atoms with Gasteiger partial charge in [-0.25, -0.2) is 8.42 Å². The van der Waals surface area contributed by atoms with E-state index < -0.39 is 21.5 Å². The molecule has 0 rings (SSSR count). The van der Waals surface area contributed by atoms with Crippen LogP contribution in [-0.2, 0) is 14.6 Å². The fraction of sp³-hybridized carbons (Fsp3) is 0.889. The van der Waals surface area contributed by atoms with Crippen molar-refractivity contribution in [3.8, 4) is 0 Å². The summed E-state index contributed by atoms with van der Waals surface area (Å²) in [5.74, 6) is -1.03. The van der Waals surface area contributed by atoms with Gasteiger partial charge in [0.1, 0.15) is 5.75 Å². The first-order chi connectivity index (χ1) is 6.95. The highest BCUT2D eigenvalue weighted by Gasteiger charge is 2.17. The van der Waals surface area contributed by atoms with Crippen molar-refractivity contribution in [2.45, 2.75) is 32.7 Å². The Hall–Kier alpha value is -0.620. The highest BCUT2D eigenvalue weighted by Crippen LogP contribution is 1.97. The SMILES string of the molecule is CCC(CC)NC(=O)CS(=O)(=O)CCN. The van der Waals surface area contributed by atoms with Crippen molar-refractivity contribution in [1.82, 2.24) is 5.32 Å². The smallest absolute Gasteiger partial charge is 0.235 e. The van der Waals surface area contributed by atoms with Crippen molar-refractivity contribution in [2.75, 3.05) is 18.1 Å². The van der Waals surface area contributed by atoms with E-state index in [0.717, 1.165) is 12.8 Å². The van der Waals surface area contributed by atoms with Gasteiger partial charge in [0.2, 0.25) is 5.91 Å². The number of carbonyl (C=O) groups is 1. The number of nitrogens with one attached hydrogen (secondary N) is 1. The quantitative estimate of drug-likeness (QED) is 0.633. The van der Waals surface area contributed by atoms with Gasteiger partial charge in [0.25, 0.3) is 0 Å². The van der Waals surface area contributed by atoms with Gasteiger partial charge in [-0.05, 0) is 12.8 Å². The molecular formula is C9H20N2O3S. The zero-order valence-corrected chi connectivity index (χ0v) is 10.1. The lowest BCUT2D eigenvalue weighted by molar-refractivity contribution is -0.119. The van der Waals surface area contributed by atoms with Crippen LogP contribution in [0.2, 0.25) is 0 Å². The van der Waals surface area contributed by atoms with Gasteiger partial charge in [-0.15, -0.1) is 0 Å². The number of sulfone groups is 1. The van der Waals surface area contributed by atoms with Crippen LogP contribution in [0.5, 0.6) is 0 Å². The van der Waals surface area contributed by atoms with E-state index in [1.807, 2.05) is 13.8 Å². The molecule has 0 bridgehead atoms. The third-order valence-corrected chi connectivity index (χ3v) is 3.69. The molecule has 0 aromatic heterocycles. The molecule has 0 fully saturated rings. The average molecular weight is 236 g/mol.